The molecule has 0 bridgehead atoms. The number of aromatic nitrogens is 1. The molecule has 118 valence electrons. The van der Waals surface area contributed by atoms with Crippen LogP contribution in [0.4, 0.5) is 4.79 Å². The Morgan fingerprint density at radius 3 is 2.67 bits per heavy atom. The van der Waals surface area contributed by atoms with Gasteiger partial charge in [0.15, 0.2) is 0 Å². The summed E-state index contributed by atoms with van der Waals surface area (Å²) in [4.78, 5) is 14.2. The summed E-state index contributed by atoms with van der Waals surface area (Å²) in [5.41, 5.74) is 1.21. The topological polar surface area (TPSA) is 49.3 Å². The lowest BCUT2D eigenvalue weighted by molar-refractivity contribution is 0.224. The zero-order valence-electron chi connectivity index (χ0n) is 13.4. The van der Waals surface area contributed by atoms with E-state index in [9.17, 15) is 4.79 Å². The number of nitrogens with zero attached hydrogens (tertiary/aromatic N) is 2. The summed E-state index contributed by atoms with van der Waals surface area (Å²) >= 11 is 0. The monoisotopic (exact) mass is 292 g/mol. The van der Waals surface area contributed by atoms with Crippen molar-refractivity contribution in [2.75, 3.05) is 20.6 Å². The maximum absolute atomic E-state index is 12.0. The first-order valence-corrected chi connectivity index (χ1v) is 7.90. The minimum Gasteiger partial charge on any atom is -0.353 e. The Bertz CT molecular complexity index is 449. The minimum absolute atomic E-state index is 0.0389. The second-order valence-electron chi connectivity index (χ2n) is 6.21. The summed E-state index contributed by atoms with van der Waals surface area (Å²) in [6.07, 6.45) is 8.03. The molecule has 2 N–H and O–H groups in total. The highest BCUT2D eigenvalue weighted by molar-refractivity contribution is 5.74. The predicted molar refractivity (Wildman–Crippen MR) is 85.2 cm³/mol. The highest BCUT2D eigenvalue weighted by atomic mass is 16.2. The Kier molecular flexibility index (Phi) is 5.67. The number of hydrogen-bond acceptors (Lipinski definition) is 2. The highest BCUT2D eigenvalue weighted by Crippen LogP contribution is 2.18. The summed E-state index contributed by atoms with van der Waals surface area (Å²) in [5, 5.41) is 6.12. The molecule has 1 aliphatic rings. The van der Waals surface area contributed by atoms with Gasteiger partial charge in [0.2, 0.25) is 0 Å². The van der Waals surface area contributed by atoms with Gasteiger partial charge in [-0.2, -0.15) is 0 Å². The Morgan fingerprint density at radius 1 is 1.38 bits per heavy atom. The average molecular weight is 292 g/mol. The molecule has 2 amide bonds. The average Bonchev–Trinajstić information content (AvgIpc) is 2.86. The van der Waals surface area contributed by atoms with Crippen LogP contribution in [0.5, 0.6) is 0 Å². The largest absolute Gasteiger partial charge is 0.353 e. The Balaban J connectivity index is 1.84. The lowest BCUT2D eigenvalue weighted by Crippen LogP contribution is -2.45. The van der Waals surface area contributed by atoms with E-state index in [-0.39, 0.29) is 12.1 Å². The molecule has 1 aromatic rings. The van der Waals surface area contributed by atoms with E-state index in [1.165, 1.54) is 25.0 Å². The fourth-order valence-corrected chi connectivity index (χ4v) is 3.04. The van der Waals surface area contributed by atoms with Crippen molar-refractivity contribution in [2.45, 2.75) is 44.2 Å². The standard InChI is InChI=1S/C16H28N4O/c1-19(2)15(14-10-7-11-20(14)3)12-17-16(21)18-13-8-5-4-6-9-13/h7,10-11,13,15H,4-6,8-9,12H2,1-3H3,(H2,17,18,21)/t15-/m1/s1. The van der Waals surface area contributed by atoms with Crippen LogP contribution in [-0.4, -0.2) is 42.2 Å². The number of hydrogen-bond donors (Lipinski definition) is 2. The zero-order chi connectivity index (χ0) is 15.2. The van der Waals surface area contributed by atoms with Crippen molar-refractivity contribution >= 4 is 6.03 Å². The van der Waals surface area contributed by atoms with Crippen LogP contribution in [0.2, 0.25) is 0 Å². The summed E-state index contributed by atoms with van der Waals surface area (Å²) in [6, 6.07) is 4.64. The van der Waals surface area contributed by atoms with E-state index < -0.39 is 0 Å². The molecule has 0 unspecified atom stereocenters. The first-order chi connectivity index (χ1) is 10.1. The van der Waals surface area contributed by atoms with Crippen LogP contribution < -0.4 is 10.6 Å². The first kappa shape index (κ1) is 15.9. The lowest BCUT2D eigenvalue weighted by atomic mass is 9.96. The van der Waals surface area contributed by atoms with Crippen LogP contribution in [0, 0.1) is 0 Å². The highest BCUT2D eigenvalue weighted by Gasteiger charge is 2.19. The van der Waals surface area contributed by atoms with Crippen molar-refractivity contribution in [1.82, 2.24) is 20.1 Å². The second kappa shape index (κ2) is 7.50. The number of aryl methyl sites for hydroxylation is 1. The molecule has 0 aliphatic heterocycles. The first-order valence-electron chi connectivity index (χ1n) is 7.90. The molecule has 0 saturated heterocycles. The number of urea groups is 1. The molecule has 2 rings (SSSR count). The van der Waals surface area contributed by atoms with Crippen LogP contribution >= 0.6 is 0 Å². The van der Waals surface area contributed by atoms with Crippen molar-refractivity contribution < 1.29 is 4.79 Å². The van der Waals surface area contributed by atoms with Crippen molar-refractivity contribution in [1.29, 1.82) is 0 Å². The van der Waals surface area contributed by atoms with Crippen molar-refractivity contribution in [3.63, 3.8) is 0 Å². The van der Waals surface area contributed by atoms with Crippen LogP contribution in [0.25, 0.3) is 0 Å². The minimum atomic E-state index is -0.0389. The molecule has 1 fully saturated rings. The number of rotatable bonds is 5. The van der Waals surface area contributed by atoms with Crippen LogP contribution in [-0.2, 0) is 7.05 Å². The summed E-state index contributed by atoms with van der Waals surface area (Å²) < 4.78 is 2.10. The van der Waals surface area contributed by atoms with Gasteiger partial charge in [-0.1, -0.05) is 19.3 Å². The van der Waals surface area contributed by atoms with E-state index in [2.05, 4.69) is 26.2 Å². The maximum atomic E-state index is 12.0. The number of amides is 2. The van der Waals surface area contributed by atoms with E-state index >= 15 is 0 Å². The van der Waals surface area contributed by atoms with Gasteiger partial charge in [-0.15, -0.1) is 0 Å². The molecule has 1 aliphatic carbocycles. The second-order valence-corrected chi connectivity index (χ2v) is 6.21. The van der Waals surface area contributed by atoms with Crippen molar-refractivity contribution in [3.8, 4) is 0 Å². The van der Waals surface area contributed by atoms with E-state index in [1.54, 1.807) is 0 Å². The van der Waals surface area contributed by atoms with E-state index in [0.717, 1.165) is 12.8 Å². The van der Waals surface area contributed by atoms with Gasteiger partial charge in [0.1, 0.15) is 0 Å². The molecule has 0 spiro atoms. The molecule has 0 aromatic carbocycles. The normalized spacial score (nSPS) is 17.7. The van der Waals surface area contributed by atoms with Gasteiger partial charge in [0.25, 0.3) is 0 Å². The molecule has 1 aromatic heterocycles. The predicted octanol–water partition coefficient (Wildman–Crippen LogP) is 2.26. The molecular formula is C16H28N4O. The van der Waals surface area contributed by atoms with Crippen LogP contribution in [0.3, 0.4) is 0 Å². The lowest BCUT2D eigenvalue weighted by Gasteiger charge is -2.27. The fourth-order valence-electron chi connectivity index (χ4n) is 3.04. The van der Waals surface area contributed by atoms with E-state index in [0.29, 0.717) is 12.6 Å². The molecular weight excluding hydrogens is 264 g/mol. The summed E-state index contributed by atoms with van der Waals surface area (Å²) in [6.45, 7) is 0.614. The molecule has 1 atom stereocenters. The third-order valence-corrected chi connectivity index (χ3v) is 4.35. The summed E-state index contributed by atoms with van der Waals surface area (Å²) in [7, 11) is 6.12. The SMILES string of the molecule is CN(C)[C@H](CNC(=O)NC1CCCCC1)c1cccn1C. The molecule has 1 heterocycles. The molecule has 0 radical (unpaired) electrons. The third kappa shape index (κ3) is 4.49. The summed E-state index contributed by atoms with van der Waals surface area (Å²) in [5.74, 6) is 0. The Labute approximate surface area is 127 Å². The molecule has 21 heavy (non-hydrogen) atoms. The third-order valence-electron chi connectivity index (χ3n) is 4.35. The molecule has 5 nitrogen and oxygen atoms in total. The fraction of sp³-hybridized carbons (Fsp3) is 0.688. The number of nitrogens with one attached hydrogen (secondary N) is 2. The number of carbonyl (C=O) groups is 1. The number of carbonyl (C=O) groups excluding carboxylic acids is 1. The van der Waals surface area contributed by atoms with Gasteiger partial charge < -0.3 is 15.2 Å². The van der Waals surface area contributed by atoms with Crippen LogP contribution in [0.15, 0.2) is 18.3 Å². The Hall–Kier alpha value is -1.49. The van der Waals surface area contributed by atoms with Gasteiger partial charge in [-0.25, -0.2) is 4.79 Å². The molecule has 5 heteroatoms. The smallest absolute Gasteiger partial charge is 0.315 e. The quantitative estimate of drug-likeness (QED) is 0.874. The van der Waals surface area contributed by atoms with Crippen LogP contribution in [0.1, 0.15) is 43.8 Å². The van der Waals surface area contributed by atoms with Crippen molar-refractivity contribution in [3.05, 3.63) is 24.0 Å². The van der Waals surface area contributed by atoms with Gasteiger partial charge in [-0.3, -0.25) is 4.90 Å². The van der Waals surface area contributed by atoms with Crippen molar-refractivity contribution in [2.24, 2.45) is 7.05 Å². The van der Waals surface area contributed by atoms with Gasteiger partial charge >= 0.3 is 6.03 Å². The van der Waals surface area contributed by atoms with Gasteiger partial charge in [0.05, 0.1) is 6.04 Å². The van der Waals surface area contributed by atoms with E-state index in [1.807, 2.05) is 33.4 Å². The zero-order valence-corrected chi connectivity index (χ0v) is 13.4. The maximum Gasteiger partial charge on any atom is 0.315 e. The van der Waals surface area contributed by atoms with Gasteiger partial charge in [-0.05, 0) is 39.1 Å². The molecule has 1 saturated carbocycles. The van der Waals surface area contributed by atoms with E-state index in [4.69, 9.17) is 0 Å². The van der Waals surface area contributed by atoms with Gasteiger partial charge in [0, 0.05) is 31.5 Å². The number of likely N-dealkylation sites (N-methyl/N-ethyl adjacent to an activating group) is 1. The Morgan fingerprint density at radius 2 is 2.10 bits per heavy atom.